The van der Waals surface area contributed by atoms with Crippen LogP contribution in [0.2, 0.25) is 0 Å². The molecule has 1 aromatic carbocycles. The molecule has 1 aliphatic heterocycles. The van der Waals surface area contributed by atoms with E-state index in [1.807, 2.05) is 49.3 Å². The molecule has 2 heterocycles. The van der Waals surface area contributed by atoms with E-state index in [1.54, 1.807) is 12.3 Å². The van der Waals surface area contributed by atoms with Gasteiger partial charge in [-0.3, -0.25) is 9.78 Å². The average Bonchev–Trinajstić information content (AvgIpc) is 3.14. The summed E-state index contributed by atoms with van der Waals surface area (Å²) in [4.78, 5) is 18.6. The smallest absolute Gasteiger partial charge is 0.274 e. The van der Waals surface area contributed by atoms with Gasteiger partial charge in [0.2, 0.25) is 0 Å². The van der Waals surface area contributed by atoms with E-state index >= 15 is 0 Å². The molecule has 0 spiro atoms. The fourth-order valence-corrected chi connectivity index (χ4v) is 2.74. The van der Waals surface area contributed by atoms with Crippen LogP contribution in [-0.4, -0.2) is 44.2 Å². The van der Waals surface area contributed by atoms with Crippen molar-refractivity contribution in [2.45, 2.75) is 18.9 Å². The first kappa shape index (κ1) is 17.2. The molecule has 0 saturated carbocycles. The van der Waals surface area contributed by atoms with Crippen molar-refractivity contribution in [3.05, 3.63) is 48.3 Å². The van der Waals surface area contributed by atoms with Crippen molar-refractivity contribution in [2.75, 3.05) is 42.8 Å². The van der Waals surface area contributed by atoms with Crippen molar-refractivity contribution in [1.29, 1.82) is 0 Å². The number of carbonyl (C=O) groups is 1. The van der Waals surface area contributed by atoms with E-state index in [1.165, 1.54) is 0 Å². The van der Waals surface area contributed by atoms with Gasteiger partial charge in [0.15, 0.2) is 0 Å². The van der Waals surface area contributed by atoms with Crippen LogP contribution in [0.5, 0.6) is 0 Å². The second-order valence-corrected chi connectivity index (χ2v) is 6.34. The second-order valence-electron chi connectivity index (χ2n) is 6.34. The monoisotopic (exact) mass is 340 g/mol. The number of pyridine rings is 1. The number of ether oxygens (including phenoxy) is 1. The zero-order chi connectivity index (χ0) is 17.6. The highest BCUT2D eigenvalue weighted by Crippen LogP contribution is 2.17. The lowest BCUT2D eigenvalue weighted by molar-refractivity contribution is 0.102. The number of hydrogen-bond acceptors (Lipinski definition) is 5. The summed E-state index contributed by atoms with van der Waals surface area (Å²) in [6.07, 6.45) is 4.08. The quantitative estimate of drug-likeness (QED) is 0.846. The Balaban J connectivity index is 1.60. The van der Waals surface area contributed by atoms with Crippen LogP contribution >= 0.6 is 0 Å². The van der Waals surface area contributed by atoms with Crippen molar-refractivity contribution >= 4 is 23.0 Å². The van der Waals surface area contributed by atoms with Crippen molar-refractivity contribution in [1.82, 2.24) is 4.98 Å². The van der Waals surface area contributed by atoms with E-state index < -0.39 is 0 Å². The first-order valence-electron chi connectivity index (χ1n) is 8.52. The SMILES string of the molecule is CN(C)c1ccc(NC(=O)c2cc(NCC3CCCO3)ccn2)cc1. The molecule has 2 N–H and O–H groups in total. The number of benzene rings is 1. The topological polar surface area (TPSA) is 66.5 Å². The highest BCUT2D eigenvalue weighted by molar-refractivity contribution is 6.03. The summed E-state index contributed by atoms with van der Waals surface area (Å²) in [6.45, 7) is 1.58. The average molecular weight is 340 g/mol. The van der Waals surface area contributed by atoms with E-state index in [0.717, 1.165) is 43.1 Å². The van der Waals surface area contributed by atoms with Gasteiger partial charge in [0.25, 0.3) is 5.91 Å². The predicted octanol–water partition coefficient (Wildman–Crippen LogP) is 2.99. The predicted molar refractivity (Wildman–Crippen MR) is 100 cm³/mol. The zero-order valence-electron chi connectivity index (χ0n) is 14.7. The number of rotatable bonds is 6. The van der Waals surface area contributed by atoms with E-state index in [9.17, 15) is 4.79 Å². The van der Waals surface area contributed by atoms with Crippen molar-refractivity contribution in [2.24, 2.45) is 0 Å². The number of anilines is 3. The van der Waals surface area contributed by atoms with Crippen LogP contribution in [0.1, 0.15) is 23.3 Å². The summed E-state index contributed by atoms with van der Waals surface area (Å²) >= 11 is 0. The molecule has 1 saturated heterocycles. The molecule has 6 heteroatoms. The minimum Gasteiger partial charge on any atom is -0.382 e. The lowest BCUT2D eigenvalue weighted by atomic mass is 10.2. The second kappa shape index (κ2) is 7.98. The zero-order valence-corrected chi connectivity index (χ0v) is 14.7. The molecule has 1 aromatic heterocycles. The maximum absolute atomic E-state index is 12.4. The third-order valence-electron chi connectivity index (χ3n) is 4.19. The summed E-state index contributed by atoms with van der Waals surface area (Å²) in [5.41, 5.74) is 3.08. The lowest BCUT2D eigenvalue weighted by Gasteiger charge is -2.13. The van der Waals surface area contributed by atoms with Gasteiger partial charge in [-0.1, -0.05) is 0 Å². The van der Waals surface area contributed by atoms with Crippen LogP contribution in [-0.2, 0) is 4.74 Å². The standard InChI is InChI=1S/C19H24N4O2/c1-23(2)16-7-5-14(6-8-16)22-19(24)18-12-15(9-10-20-18)21-13-17-4-3-11-25-17/h5-10,12,17H,3-4,11,13H2,1-2H3,(H,20,21)(H,22,24). The molecule has 2 aromatic rings. The van der Waals surface area contributed by atoms with Gasteiger partial charge in [-0.05, 0) is 49.2 Å². The summed E-state index contributed by atoms with van der Waals surface area (Å²) in [5, 5.41) is 6.19. The number of carbonyl (C=O) groups excluding carboxylic acids is 1. The van der Waals surface area contributed by atoms with Crippen LogP contribution in [0.3, 0.4) is 0 Å². The molecular weight excluding hydrogens is 316 g/mol. The maximum Gasteiger partial charge on any atom is 0.274 e. The Kier molecular flexibility index (Phi) is 5.50. The highest BCUT2D eigenvalue weighted by atomic mass is 16.5. The normalized spacial score (nSPS) is 16.5. The Labute approximate surface area is 148 Å². The molecule has 25 heavy (non-hydrogen) atoms. The minimum absolute atomic E-state index is 0.224. The fourth-order valence-electron chi connectivity index (χ4n) is 2.74. The van der Waals surface area contributed by atoms with Crippen LogP contribution < -0.4 is 15.5 Å². The van der Waals surface area contributed by atoms with Gasteiger partial charge in [0.1, 0.15) is 5.69 Å². The van der Waals surface area contributed by atoms with Crippen LogP contribution in [0.4, 0.5) is 17.1 Å². The van der Waals surface area contributed by atoms with Crippen molar-refractivity contribution in [3.8, 4) is 0 Å². The Bertz CT molecular complexity index is 710. The van der Waals surface area contributed by atoms with E-state index in [4.69, 9.17) is 4.74 Å². The van der Waals surface area contributed by atoms with Crippen molar-refractivity contribution < 1.29 is 9.53 Å². The summed E-state index contributed by atoms with van der Waals surface area (Å²) in [5.74, 6) is -0.224. The molecule has 0 bridgehead atoms. The van der Waals surface area contributed by atoms with E-state index in [2.05, 4.69) is 15.6 Å². The molecule has 6 nitrogen and oxygen atoms in total. The molecular formula is C19H24N4O2. The first-order chi connectivity index (χ1) is 12.1. The Morgan fingerprint density at radius 1 is 1.24 bits per heavy atom. The van der Waals surface area contributed by atoms with Gasteiger partial charge in [-0.2, -0.15) is 0 Å². The third kappa shape index (κ3) is 4.70. The third-order valence-corrected chi connectivity index (χ3v) is 4.19. The first-order valence-corrected chi connectivity index (χ1v) is 8.52. The largest absolute Gasteiger partial charge is 0.382 e. The van der Waals surface area contributed by atoms with Gasteiger partial charge < -0.3 is 20.3 Å². The van der Waals surface area contributed by atoms with Crippen molar-refractivity contribution in [3.63, 3.8) is 0 Å². The Hall–Kier alpha value is -2.60. The number of nitrogens with one attached hydrogen (secondary N) is 2. The number of amides is 1. The number of aromatic nitrogens is 1. The van der Waals surface area contributed by atoms with Gasteiger partial charge in [0, 0.05) is 50.5 Å². The van der Waals surface area contributed by atoms with E-state index in [-0.39, 0.29) is 12.0 Å². The van der Waals surface area contributed by atoms with Crippen LogP contribution in [0, 0.1) is 0 Å². The summed E-state index contributed by atoms with van der Waals surface area (Å²) in [6, 6.07) is 11.3. The summed E-state index contributed by atoms with van der Waals surface area (Å²) < 4.78 is 5.60. The molecule has 1 unspecified atom stereocenters. The van der Waals surface area contributed by atoms with Gasteiger partial charge in [-0.25, -0.2) is 0 Å². The molecule has 132 valence electrons. The van der Waals surface area contributed by atoms with E-state index in [0.29, 0.717) is 5.69 Å². The molecule has 1 atom stereocenters. The molecule has 1 amide bonds. The molecule has 0 radical (unpaired) electrons. The van der Waals surface area contributed by atoms with Crippen LogP contribution in [0.15, 0.2) is 42.6 Å². The Morgan fingerprint density at radius 2 is 2.04 bits per heavy atom. The van der Waals surface area contributed by atoms with Gasteiger partial charge >= 0.3 is 0 Å². The molecule has 1 fully saturated rings. The maximum atomic E-state index is 12.4. The number of hydrogen-bond donors (Lipinski definition) is 2. The molecule has 0 aliphatic carbocycles. The minimum atomic E-state index is -0.224. The van der Waals surface area contributed by atoms with Crippen LogP contribution in [0.25, 0.3) is 0 Å². The molecule has 1 aliphatic rings. The fraction of sp³-hybridized carbons (Fsp3) is 0.368. The van der Waals surface area contributed by atoms with Gasteiger partial charge in [-0.15, -0.1) is 0 Å². The molecule has 3 rings (SSSR count). The number of nitrogens with zero attached hydrogens (tertiary/aromatic N) is 2. The Morgan fingerprint density at radius 3 is 2.72 bits per heavy atom. The lowest BCUT2D eigenvalue weighted by Crippen LogP contribution is -2.19. The summed E-state index contributed by atoms with van der Waals surface area (Å²) in [7, 11) is 3.96. The van der Waals surface area contributed by atoms with Gasteiger partial charge in [0.05, 0.1) is 6.10 Å². The highest BCUT2D eigenvalue weighted by Gasteiger charge is 2.15.